The number of aliphatic imine (C=N–C) groups is 1. The highest BCUT2D eigenvalue weighted by atomic mass is 16.2. The lowest BCUT2D eigenvalue weighted by Gasteiger charge is -2.38. The van der Waals surface area contributed by atoms with Gasteiger partial charge in [0.25, 0.3) is 11.8 Å². The van der Waals surface area contributed by atoms with Crippen LogP contribution >= 0.6 is 0 Å². The molecule has 0 bridgehead atoms. The second kappa shape index (κ2) is 6.59. The summed E-state index contributed by atoms with van der Waals surface area (Å²) >= 11 is 0. The van der Waals surface area contributed by atoms with Crippen LogP contribution in [0.4, 0.5) is 5.69 Å². The molecule has 0 radical (unpaired) electrons. The van der Waals surface area contributed by atoms with Crippen molar-refractivity contribution in [3.8, 4) is 0 Å². The van der Waals surface area contributed by atoms with Crippen molar-refractivity contribution >= 4 is 23.7 Å². The normalized spacial score (nSPS) is 21.8. The topological polar surface area (TPSA) is 61.8 Å². The first kappa shape index (κ1) is 17.2. The lowest BCUT2D eigenvalue weighted by molar-refractivity contribution is 0.0595. The van der Waals surface area contributed by atoms with Gasteiger partial charge in [0.1, 0.15) is 0 Å². The van der Waals surface area contributed by atoms with Crippen LogP contribution in [0.5, 0.6) is 0 Å². The van der Waals surface area contributed by atoms with Crippen molar-refractivity contribution < 1.29 is 9.59 Å². The van der Waals surface area contributed by atoms with Crippen LogP contribution in [0.1, 0.15) is 56.2 Å². The Bertz CT molecular complexity index is 1010. The van der Waals surface area contributed by atoms with Gasteiger partial charge >= 0.3 is 0 Å². The number of rotatable bonds is 2. The molecule has 5 rings (SSSR count). The lowest BCUT2D eigenvalue weighted by Crippen LogP contribution is -2.46. The molecule has 2 aromatic carbocycles. The fourth-order valence-electron chi connectivity index (χ4n) is 4.98. The number of amides is 2. The Labute approximate surface area is 164 Å². The van der Waals surface area contributed by atoms with Crippen LogP contribution in [0, 0.1) is 0 Å². The number of hydrogen-bond donors (Lipinski definition) is 1. The highest BCUT2D eigenvalue weighted by Crippen LogP contribution is 2.43. The zero-order chi connectivity index (χ0) is 19.3. The Morgan fingerprint density at radius 1 is 1.11 bits per heavy atom. The molecule has 0 spiro atoms. The van der Waals surface area contributed by atoms with Crippen LogP contribution in [0.25, 0.3) is 0 Å². The molecule has 5 nitrogen and oxygen atoms in total. The molecule has 0 aromatic heterocycles. The summed E-state index contributed by atoms with van der Waals surface area (Å²) < 4.78 is 0. The Kier molecular flexibility index (Phi) is 4.04. The summed E-state index contributed by atoms with van der Waals surface area (Å²) in [5, 5.41) is 2.69. The van der Waals surface area contributed by atoms with Gasteiger partial charge in [-0.2, -0.15) is 0 Å². The molecule has 2 aromatic rings. The Morgan fingerprint density at radius 3 is 2.82 bits per heavy atom. The molecule has 142 valence electrons. The van der Waals surface area contributed by atoms with Gasteiger partial charge in [-0.15, -0.1) is 0 Å². The SMILES string of the molecule is CNC(=O)c1ccc2c(c1)C[C@H]1C2CCCN1C(=O)c1ccc2c(c1)N=CC2. The van der Waals surface area contributed by atoms with Gasteiger partial charge in [-0.05, 0) is 60.2 Å². The molecular weight excluding hydrogens is 350 g/mol. The second-order valence-corrected chi connectivity index (χ2v) is 7.87. The van der Waals surface area contributed by atoms with Crippen LogP contribution in [0.2, 0.25) is 0 Å². The number of carbonyl (C=O) groups excluding carboxylic acids is 2. The monoisotopic (exact) mass is 373 g/mol. The fraction of sp³-hybridized carbons (Fsp3) is 0.348. The molecule has 1 N–H and O–H groups in total. The van der Waals surface area contributed by atoms with Gasteiger partial charge in [-0.3, -0.25) is 14.6 Å². The van der Waals surface area contributed by atoms with E-state index in [2.05, 4.69) is 16.4 Å². The highest BCUT2D eigenvalue weighted by Gasteiger charge is 2.41. The average molecular weight is 373 g/mol. The van der Waals surface area contributed by atoms with Crippen LogP contribution in [0.3, 0.4) is 0 Å². The zero-order valence-electron chi connectivity index (χ0n) is 15.9. The third kappa shape index (κ3) is 2.65. The first-order chi connectivity index (χ1) is 13.7. The van der Waals surface area contributed by atoms with E-state index in [0.717, 1.165) is 43.5 Å². The Morgan fingerprint density at radius 2 is 1.96 bits per heavy atom. The second-order valence-electron chi connectivity index (χ2n) is 7.87. The number of piperidine rings is 1. The smallest absolute Gasteiger partial charge is 0.254 e. The van der Waals surface area contributed by atoms with Gasteiger partial charge in [-0.1, -0.05) is 12.1 Å². The quantitative estimate of drug-likeness (QED) is 0.878. The number of carbonyl (C=O) groups is 2. The molecule has 2 amide bonds. The van der Waals surface area contributed by atoms with E-state index in [1.165, 1.54) is 16.7 Å². The van der Waals surface area contributed by atoms with Crippen LogP contribution < -0.4 is 5.32 Å². The van der Waals surface area contributed by atoms with Crippen LogP contribution in [-0.2, 0) is 12.8 Å². The van der Waals surface area contributed by atoms with Crippen molar-refractivity contribution in [2.24, 2.45) is 4.99 Å². The van der Waals surface area contributed by atoms with Gasteiger partial charge in [0.05, 0.1) is 5.69 Å². The van der Waals surface area contributed by atoms with Gasteiger partial charge in [0.2, 0.25) is 0 Å². The third-order valence-electron chi connectivity index (χ3n) is 6.37. The molecule has 1 aliphatic carbocycles. The Hall–Kier alpha value is -2.95. The standard InChI is InChI=1S/C23H23N3O2/c1-24-22(27)15-6-7-18-17(11-15)13-21-19(18)3-2-10-26(21)23(28)16-5-4-14-8-9-25-20(14)12-16/h4-7,9,11-12,19,21H,2-3,8,10,13H2,1H3,(H,24,27)/t19?,21-/m0/s1. The number of hydrogen-bond acceptors (Lipinski definition) is 3. The summed E-state index contributed by atoms with van der Waals surface area (Å²) in [5.41, 5.74) is 6.02. The predicted octanol–water partition coefficient (Wildman–Crippen LogP) is 3.25. The van der Waals surface area contributed by atoms with Crippen molar-refractivity contribution in [2.75, 3.05) is 13.6 Å². The van der Waals surface area contributed by atoms with Crippen molar-refractivity contribution in [1.29, 1.82) is 0 Å². The van der Waals surface area contributed by atoms with Crippen molar-refractivity contribution in [3.05, 3.63) is 64.2 Å². The molecule has 28 heavy (non-hydrogen) atoms. The summed E-state index contributed by atoms with van der Waals surface area (Å²) in [7, 11) is 1.65. The minimum absolute atomic E-state index is 0.0655. The van der Waals surface area contributed by atoms with E-state index in [1.54, 1.807) is 7.05 Å². The summed E-state index contributed by atoms with van der Waals surface area (Å²) in [6, 6.07) is 12.0. The van der Waals surface area contributed by atoms with Crippen molar-refractivity contribution in [3.63, 3.8) is 0 Å². The molecule has 1 fully saturated rings. The van der Waals surface area contributed by atoms with Gasteiger partial charge < -0.3 is 10.2 Å². The summed E-state index contributed by atoms with van der Waals surface area (Å²) in [5.74, 6) is 0.391. The minimum atomic E-state index is -0.0655. The number of likely N-dealkylation sites (tertiary alicyclic amines) is 1. The number of nitrogens with zero attached hydrogens (tertiary/aromatic N) is 2. The van der Waals surface area contributed by atoms with Gasteiger partial charge in [-0.25, -0.2) is 0 Å². The fourth-order valence-corrected chi connectivity index (χ4v) is 4.98. The van der Waals surface area contributed by atoms with E-state index in [1.807, 2.05) is 41.4 Å². The molecule has 2 atom stereocenters. The largest absolute Gasteiger partial charge is 0.355 e. The molecule has 0 saturated carbocycles. The molecule has 2 heterocycles. The zero-order valence-corrected chi connectivity index (χ0v) is 15.9. The molecule has 5 heteroatoms. The van der Waals surface area contributed by atoms with Gasteiger partial charge in [0.15, 0.2) is 0 Å². The molecule has 1 saturated heterocycles. The van der Waals surface area contributed by atoms with Crippen molar-refractivity contribution in [1.82, 2.24) is 10.2 Å². The number of fused-ring (bicyclic) bond motifs is 4. The average Bonchev–Trinajstić information content (AvgIpc) is 3.35. The minimum Gasteiger partial charge on any atom is -0.355 e. The first-order valence-electron chi connectivity index (χ1n) is 9.97. The van der Waals surface area contributed by atoms with E-state index >= 15 is 0 Å². The molecule has 3 aliphatic rings. The number of nitrogens with one attached hydrogen (secondary N) is 1. The maximum atomic E-state index is 13.3. The summed E-state index contributed by atoms with van der Waals surface area (Å²) in [4.78, 5) is 31.8. The molecule has 2 aliphatic heterocycles. The van der Waals surface area contributed by atoms with E-state index in [0.29, 0.717) is 11.5 Å². The van der Waals surface area contributed by atoms with E-state index in [-0.39, 0.29) is 17.9 Å². The van der Waals surface area contributed by atoms with E-state index in [4.69, 9.17) is 0 Å². The van der Waals surface area contributed by atoms with E-state index in [9.17, 15) is 9.59 Å². The van der Waals surface area contributed by atoms with Gasteiger partial charge in [0, 0.05) is 49.3 Å². The molecular formula is C23H23N3O2. The predicted molar refractivity (Wildman–Crippen MR) is 109 cm³/mol. The van der Waals surface area contributed by atoms with Crippen molar-refractivity contribution in [2.45, 2.75) is 37.6 Å². The molecule has 1 unspecified atom stereocenters. The third-order valence-corrected chi connectivity index (χ3v) is 6.37. The maximum Gasteiger partial charge on any atom is 0.254 e. The van der Waals surface area contributed by atoms with E-state index < -0.39 is 0 Å². The van der Waals surface area contributed by atoms with Crippen LogP contribution in [-0.4, -0.2) is 42.6 Å². The highest BCUT2D eigenvalue weighted by molar-refractivity contribution is 5.97. The summed E-state index contributed by atoms with van der Waals surface area (Å²) in [6.45, 7) is 0.788. The maximum absolute atomic E-state index is 13.3. The Balaban J connectivity index is 1.44. The summed E-state index contributed by atoms with van der Waals surface area (Å²) in [6.07, 6.45) is 5.66. The number of benzene rings is 2. The first-order valence-corrected chi connectivity index (χ1v) is 9.97. The van der Waals surface area contributed by atoms with Crippen LogP contribution in [0.15, 0.2) is 41.4 Å². The lowest BCUT2D eigenvalue weighted by atomic mass is 9.88.